The minimum absolute atomic E-state index is 0.0218. The lowest BCUT2D eigenvalue weighted by Gasteiger charge is -2.28. The zero-order valence-electron chi connectivity index (χ0n) is 13.9. The van der Waals surface area contributed by atoms with E-state index < -0.39 is 0 Å². The molecule has 1 aliphatic carbocycles. The number of hydrogen-bond donors (Lipinski definition) is 0. The predicted molar refractivity (Wildman–Crippen MR) is 89.8 cm³/mol. The number of hydrogen-bond acceptors (Lipinski definition) is 2. The maximum atomic E-state index is 5.79. The molecule has 2 aliphatic rings. The zero-order chi connectivity index (χ0) is 15.2. The Labute approximate surface area is 135 Å². The molecule has 2 heteroatoms. The van der Waals surface area contributed by atoms with E-state index in [-0.39, 0.29) is 6.29 Å². The van der Waals surface area contributed by atoms with Crippen LogP contribution in [0.2, 0.25) is 0 Å². The average molecular weight is 302 g/mol. The van der Waals surface area contributed by atoms with Gasteiger partial charge in [-0.2, -0.15) is 0 Å². The molecule has 122 valence electrons. The van der Waals surface area contributed by atoms with Crippen LogP contribution in [0.4, 0.5) is 0 Å². The summed E-state index contributed by atoms with van der Waals surface area (Å²) in [6.07, 6.45) is 10.5. The van der Waals surface area contributed by atoms with Gasteiger partial charge in [-0.05, 0) is 55.1 Å². The van der Waals surface area contributed by atoms with E-state index in [4.69, 9.17) is 9.47 Å². The van der Waals surface area contributed by atoms with E-state index in [1.54, 1.807) is 0 Å². The summed E-state index contributed by atoms with van der Waals surface area (Å²) in [5.74, 6) is 1.77. The van der Waals surface area contributed by atoms with Crippen molar-refractivity contribution in [3.8, 4) is 0 Å². The Bertz CT molecular complexity index is 426. The molecule has 1 aromatic rings. The van der Waals surface area contributed by atoms with Crippen LogP contribution in [0, 0.1) is 5.92 Å². The maximum absolute atomic E-state index is 5.79. The standard InChI is InChI=1S/C20H30O2/c1-2-4-16-6-10-18(11-7-16)19-12-8-17(9-13-19)15-22-20-5-3-14-21-20/h8-9,12-13,16,18,20H,2-7,10-11,14-15H2,1H3. The van der Waals surface area contributed by atoms with Crippen molar-refractivity contribution in [2.45, 2.75) is 77.1 Å². The van der Waals surface area contributed by atoms with Crippen LogP contribution in [0.1, 0.15) is 75.3 Å². The Morgan fingerprint density at radius 2 is 1.82 bits per heavy atom. The van der Waals surface area contributed by atoms with Gasteiger partial charge >= 0.3 is 0 Å². The van der Waals surface area contributed by atoms with E-state index in [0.717, 1.165) is 31.3 Å². The van der Waals surface area contributed by atoms with Crippen LogP contribution in [0.5, 0.6) is 0 Å². The van der Waals surface area contributed by atoms with Crippen molar-refractivity contribution in [1.82, 2.24) is 0 Å². The van der Waals surface area contributed by atoms with E-state index in [0.29, 0.717) is 6.61 Å². The summed E-state index contributed by atoms with van der Waals surface area (Å²) in [5.41, 5.74) is 2.79. The van der Waals surface area contributed by atoms with Crippen molar-refractivity contribution in [2.24, 2.45) is 5.92 Å². The van der Waals surface area contributed by atoms with Crippen LogP contribution in [-0.2, 0) is 16.1 Å². The van der Waals surface area contributed by atoms with E-state index >= 15 is 0 Å². The molecule has 1 aliphatic heterocycles. The van der Waals surface area contributed by atoms with Crippen LogP contribution in [0.25, 0.3) is 0 Å². The van der Waals surface area contributed by atoms with Gasteiger partial charge in [0.1, 0.15) is 0 Å². The monoisotopic (exact) mass is 302 g/mol. The summed E-state index contributed by atoms with van der Waals surface area (Å²) >= 11 is 0. The third kappa shape index (κ3) is 4.33. The van der Waals surface area contributed by atoms with Crippen molar-refractivity contribution in [2.75, 3.05) is 6.61 Å². The fourth-order valence-corrected chi connectivity index (χ4v) is 3.95. The highest BCUT2D eigenvalue weighted by atomic mass is 16.7. The molecule has 0 spiro atoms. The molecule has 0 N–H and O–H groups in total. The number of rotatable bonds is 6. The Kier molecular flexibility index (Phi) is 5.91. The van der Waals surface area contributed by atoms with Gasteiger partial charge in [0.25, 0.3) is 0 Å². The second kappa shape index (κ2) is 8.12. The van der Waals surface area contributed by atoms with Crippen molar-refractivity contribution in [3.63, 3.8) is 0 Å². The molecular formula is C20H30O2. The van der Waals surface area contributed by atoms with Gasteiger partial charge in [-0.1, -0.05) is 44.0 Å². The first-order chi connectivity index (χ1) is 10.8. The number of benzene rings is 1. The average Bonchev–Trinajstić information content (AvgIpc) is 3.08. The van der Waals surface area contributed by atoms with Crippen LogP contribution in [0.15, 0.2) is 24.3 Å². The van der Waals surface area contributed by atoms with Gasteiger partial charge in [-0.15, -0.1) is 0 Å². The molecule has 2 fully saturated rings. The van der Waals surface area contributed by atoms with E-state index in [1.807, 2.05) is 0 Å². The topological polar surface area (TPSA) is 18.5 Å². The lowest BCUT2D eigenvalue weighted by atomic mass is 9.77. The summed E-state index contributed by atoms with van der Waals surface area (Å²) in [6, 6.07) is 9.11. The summed E-state index contributed by atoms with van der Waals surface area (Å²) in [4.78, 5) is 0. The van der Waals surface area contributed by atoms with Gasteiger partial charge in [0.05, 0.1) is 6.61 Å². The molecule has 0 radical (unpaired) electrons. The summed E-state index contributed by atoms with van der Waals surface area (Å²) in [7, 11) is 0. The Morgan fingerprint density at radius 3 is 2.45 bits per heavy atom. The molecular weight excluding hydrogens is 272 g/mol. The SMILES string of the molecule is CCCC1CCC(c2ccc(COC3CCCO3)cc2)CC1. The largest absolute Gasteiger partial charge is 0.353 e. The predicted octanol–water partition coefficient (Wildman–Crippen LogP) is 5.41. The minimum Gasteiger partial charge on any atom is -0.353 e. The molecule has 3 rings (SSSR count). The molecule has 2 nitrogen and oxygen atoms in total. The lowest BCUT2D eigenvalue weighted by molar-refractivity contribution is -0.118. The summed E-state index contributed by atoms with van der Waals surface area (Å²) < 4.78 is 11.3. The first-order valence-corrected chi connectivity index (χ1v) is 9.17. The molecule has 22 heavy (non-hydrogen) atoms. The van der Waals surface area contributed by atoms with Crippen molar-refractivity contribution < 1.29 is 9.47 Å². The molecule has 1 saturated heterocycles. The summed E-state index contributed by atoms with van der Waals surface area (Å²) in [5, 5.41) is 0. The first kappa shape index (κ1) is 16.0. The van der Waals surface area contributed by atoms with E-state index in [2.05, 4.69) is 31.2 Å². The highest BCUT2D eigenvalue weighted by Crippen LogP contribution is 2.37. The molecule has 1 saturated carbocycles. The van der Waals surface area contributed by atoms with Gasteiger partial charge < -0.3 is 9.47 Å². The molecule has 1 aromatic carbocycles. The maximum Gasteiger partial charge on any atom is 0.158 e. The Balaban J connectivity index is 1.47. The second-order valence-electron chi connectivity index (χ2n) is 7.00. The smallest absolute Gasteiger partial charge is 0.158 e. The molecule has 0 aromatic heterocycles. The highest BCUT2D eigenvalue weighted by molar-refractivity contribution is 5.25. The van der Waals surface area contributed by atoms with Crippen LogP contribution < -0.4 is 0 Å². The first-order valence-electron chi connectivity index (χ1n) is 9.17. The summed E-state index contributed by atoms with van der Waals surface area (Å²) in [6.45, 7) is 3.84. The van der Waals surface area contributed by atoms with Gasteiger partial charge in [0.2, 0.25) is 0 Å². The second-order valence-corrected chi connectivity index (χ2v) is 7.00. The van der Waals surface area contributed by atoms with E-state index in [1.165, 1.54) is 49.7 Å². The Hall–Kier alpha value is -0.860. The number of ether oxygens (including phenoxy) is 2. The van der Waals surface area contributed by atoms with Crippen molar-refractivity contribution >= 4 is 0 Å². The quantitative estimate of drug-likeness (QED) is 0.699. The van der Waals surface area contributed by atoms with Crippen LogP contribution >= 0.6 is 0 Å². The zero-order valence-corrected chi connectivity index (χ0v) is 13.9. The van der Waals surface area contributed by atoms with Gasteiger partial charge in [-0.25, -0.2) is 0 Å². The lowest BCUT2D eigenvalue weighted by Crippen LogP contribution is -2.13. The molecule has 1 heterocycles. The van der Waals surface area contributed by atoms with Crippen molar-refractivity contribution in [1.29, 1.82) is 0 Å². The third-order valence-corrected chi connectivity index (χ3v) is 5.32. The fourth-order valence-electron chi connectivity index (χ4n) is 3.95. The van der Waals surface area contributed by atoms with Crippen LogP contribution in [-0.4, -0.2) is 12.9 Å². The highest BCUT2D eigenvalue weighted by Gasteiger charge is 2.21. The van der Waals surface area contributed by atoms with Crippen molar-refractivity contribution in [3.05, 3.63) is 35.4 Å². The minimum atomic E-state index is 0.0218. The molecule has 1 unspecified atom stereocenters. The normalized spacial score (nSPS) is 28.9. The van der Waals surface area contributed by atoms with Gasteiger partial charge in [0.15, 0.2) is 6.29 Å². The Morgan fingerprint density at radius 1 is 1.05 bits per heavy atom. The van der Waals surface area contributed by atoms with Gasteiger partial charge in [-0.3, -0.25) is 0 Å². The molecule has 1 atom stereocenters. The van der Waals surface area contributed by atoms with Gasteiger partial charge in [0, 0.05) is 13.0 Å². The van der Waals surface area contributed by atoms with E-state index in [9.17, 15) is 0 Å². The molecule has 0 bridgehead atoms. The third-order valence-electron chi connectivity index (χ3n) is 5.32. The fraction of sp³-hybridized carbons (Fsp3) is 0.700. The molecule has 0 amide bonds. The van der Waals surface area contributed by atoms with Crippen LogP contribution in [0.3, 0.4) is 0 Å².